The molecule has 0 radical (unpaired) electrons. The molecule has 110 valence electrons. The number of rotatable bonds is 3. The van der Waals surface area contributed by atoms with Crippen LogP contribution in [0.1, 0.15) is 24.0 Å². The van der Waals surface area contributed by atoms with E-state index in [0.29, 0.717) is 0 Å². The summed E-state index contributed by atoms with van der Waals surface area (Å²) < 4.78 is 0. The molecule has 3 rings (SSSR count). The zero-order valence-corrected chi connectivity index (χ0v) is 12.6. The van der Waals surface area contributed by atoms with Crippen LogP contribution in [0.3, 0.4) is 0 Å². The second kappa shape index (κ2) is 5.90. The van der Waals surface area contributed by atoms with Crippen LogP contribution in [0, 0.1) is 6.92 Å². The maximum atomic E-state index is 10.8. The van der Waals surface area contributed by atoms with Crippen molar-refractivity contribution in [3.8, 4) is 0 Å². The second-order valence-corrected chi connectivity index (χ2v) is 6.21. The molecule has 0 saturated carbocycles. The van der Waals surface area contributed by atoms with Crippen LogP contribution in [0.15, 0.2) is 54.6 Å². The van der Waals surface area contributed by atoms with E-state index in [-0.39, 0.29) is 0 Å². The van der Waals surface area contributed by atoms with Gasteiger partial charge < -0.3 is 10.0 Å². The molecule has 0 amide bonds. The Labute approximate surface area is 127 Å². The Hall–Kier alpha value is -1.80. The Morgan fingerprint density at radius 1 is 0.952 bits per heavy atom. The topological polar surface area (TPSA) is 23.5 Å². The van der Waals surface area contributed by atoms with Gasteiger partial charge in [-0.2, -0.15) is 0 Å². The highest BCUT2D eigenvalue weighted by molar-refractivity contribution is 5.46. The van der Waals surface area contributed by atoms with Crippen LogP contribution >= 0.6 is 0 Å². The van der Waals surface area contributed by atoms with E-state index in [0.717, 1.165) is 32.4 Å². The molecule has 1 aliphatic rings. The summed E-state index contributed by atoms with van der Waals surface area (Å²) >= 11 is 0. The number of hydrogen-bond acceptors (Lipinski definition) is 2. The largest absolute Gasteiger partial charge is 0.389 e. The van der Waals surface area contributed by atoms with Gasteiger partial charge in [0.15, 0.2) is 0 Å². The number of anilines is 1. The zero-order chi connectivity index (χ0) is 14.7. The van der Waals surface area contributed by atoms with Gasteiger partial charge >= 0.3 is 0 Å². The predicted molar refractivity (Wildman–Crippen MR) is 87.7 cm³/mol. The molecule has 2 aromatic carbocycles. The first-order valence-electron chi connectivity index (χ1n) is 7.73. The van der Waals surface area contributed by atoms with Crippen LogP contribution < -0.4 is 4.90 Å². The summed E-state index contributed by atoms with van der Waals surface area (Å²) in [6, 6.07) is 19.0. The SMILES string of the molecule is Cc1ccc(CC2(O)CCN(c3ccccc3)CC2)cc1. The lowest BCUT2D eigenvalue weighted by Crippen LogP contribution is -2.45. The fourth-order valence-electron chi connectivity index (χ4n) is 3.08. The van der Waals surface area contributed by atoms with Crippen LogP contribution in [-0.2, 0) is 6.42 Å². The second-order valence-electron chi connectivity index (χ2n) is 6.21. The van der Waals surface area contributed by atoms with Gasteiger partial charge in [0.2, 0.25) is 0 Å². The average molecular weight is 281 g/mol. The first-order valence-corrected chi connectivity index (χ1v) is 7.73. The van der Waals surface area contributed by atoms with Crippen molar-refractivity contribution in [1.29, 1.82) is 0 Å². The average Bonchev–Trinajstić information content (AvgIpc) is 2.51. The fraction of sp³-hybridized carbons (Fsp3) is 0.368. The molecule has 1 heterocycles. The quantitative estimate of drug-likeness (QED) is 0.929. The van der Waals surface area contributed by atoms with E-state index in [2.05, 4.69) is 60.4 Å². The number of para-hydroxylation sites is 1. The number of aliphatic hydroxyl groups is 1. The maximum absolute atomic E-state index is 10.8. The third kappa shape index (κ3) is 3.45. The highest BCUT2D eigenvalue weighted by Gasteiger charge is 2.32. The van der Waals surface area contributed by atoms with Crippen LogP contribution in [0.5, 0.6) is 0 Å². The van der Waals surface area contributed by atoms with E-state index in [1.807, 2.05) is 6.07 Å². The van der Waals surface area contributed by atoms with E-state index >= 15 is 0 Å². The third-order valence-electron chi connectivity index (χ3n) is 4.47. The van der Waals surface area contributed by atoms with Gasteiger partial charge in [0.05, 0.1) is 5.60 Å². The zero-order valence-electron chi connectivity index (χ0n) is 12.6. The van der Waals surface area contributed by atoms with Gasteiger partial charge in [-0.25, -0.2) is 0 Å². The Morgan fingerprint density at radius 3 is 2.19 bits per heavy atom. The molecule has 2 heteroatoms. The summed E-state index contributed by atoms with van der Waals surface area (Å²) in [5.74, 6) is 0. The molecule has 0 bridgehead atoms. The van der Waals surface area contributed by atoms with Crippen LogP contribution in [0.25, 0.3) is 0 Å². The maximum Gasteiger partial charge on any atom is 0.0721 e. The molecule has 2 nitrogen and oxygen atoms in total. The summed E-state index contributed by atoms with van der Waals surface area (Å²) in [4.78, 5) is 2.36. The molecule has 21 heavy (non-hydrogen) atoms. The van der Waals surface area contributed by atoms with Gasteiger partial charge in [-0.05, 0) is 37.5 Å². The van der Waals surface area contributed by atoms with Gasteiger partial charge in [-0.15, -0.1) is 0 Å². The van der Waals surface area contributed by atoms with Crippen molar-refractivity contribution >= 4 is 5.69 Å². The lowest BCUT2D eigenvalue weighted by molar-refractivity contribution is 0.0165. The van der Waals surface area contributed by atoms with Crippen LogP contribution in [-0.4, -0.2) is 23.8 Å². The van der Waals surface area contributed by atoms with Gasteiger partial charge in [-0.3, -0.25) is 0 Å². The van der Waals surface area contributed by atoms with Gasteiger partial charge in [0.1, 0.15) is 0 Å². The lowest BCUT2D eigenvalue weighted by Gasteiger charge is -2.39. The monoisotopic (exact) mass is 281 g/mol. The predicted octanol–water partition coefficient (Wildman–Crippen LogP) is 3.57. The number of piperidine rings is 1. The Kier molecular flexibility index (Phi) is 3.98. The summed E-state index contributed by atoms with van der Waals surface area (Å²) in [6.07, 6.45) is 2.42. The van der Waals surface area contributed by atoms with Crippen molar-refractivity contribution in [2.24, 2.45) is 0 Å². The molecular formula is C19H23NO. The van der Waals surface area contributed by atoms with E-state index in [1.165, 1.54) is 16.8 Å². The third-order valence-corrected chi connectivity index (χ3v) is 4.47. The van der Waals surface area contributed by atoms with E-state index in [4.69, 9.17) is 0 Å². The Morgan fingerprint density at radius 2 is 1.57 bits per heavy atom. The van der Waals surface area contributed by atoms with Gasteiger partial charge in [0.25, 0.3) is 0 Å². The number of benzene rings is 2. The lowest BCUT2D eigenvalue weighted by atomic mass is 9.85. The summed E-state index contributed by atoms with van der Waals surface area (Å²) in [5, 5.41) is 10.8. The molecule has 1 N–H and O–H groups in total. The van der Waals surface area contributed by atoms with Crippen LogP contribution in [0.4, 0.5) is 5.69 Å². The first-order chi connectivity index (χ1) is 10.1. The standard InChI is InChI=1S/C19H23NO/c1-16-7-9-17(10-8-16)15-19(21)11-13-20(14-12-19)18-5-3-2-4-6-18/h2-10,21H,11-15H2,1H3. The normalized spacial score (nSPS) is 17.7. The molecule has 0 spiro atoms. The molecule has 1 aliphatic heterocycles. The first kappa shape index (κ1) is 14.2. The smallest absolute Gasteiger partial charge is 0.0721 e. The molecule has 1 fully saturated rings. The van der Waals surface area contributed by atoms with Crippen molar-refractivity contribution in [1.82, 2.24) is 0 Å². The Balaban J connectivity index is 1.62. The molecule has 0 unspecified atom stereocenters. The molecule has 2 aromatic rings. The minimum absolute atomic E-state index is 0.555. The molecular weight excluding hydrogens is 258 g/mol. The highest BCUT2D eigenvalue weighted by atomic mass is 16.3. The highest BCUT2D eigenvalue weighted by Crippen LogP contribution is 2.29. The summed E-state index contributed by atoms with van der Waals surface area (Å²) in [6.45, 7) is 3.94. The van der Waals surface area contributed by atoms with Crippen molar-refractivity contribution in [2.45, 2.75) is 31.8 Å². The molecule has 0 aliphatic carbocycles. The summed E-state index contributed by atoms with van der Waals surface area (Å²) in [5.41, 5.74) is 3.20. The van der Waals surface area contributed by atoms with Crippen LogP contribution in [0.2, 0.25) is 0 Å². The van der Waals surface area contributed by atoms with Gasteiger partial charge in [0, 0.05) is 25.2 Å². The van der Waals surface area contributed by atoms with Crippen molar-refractivity contribution in [3.05, 3.63) is 65.7 Å². The molecule has 1 saturated heterocycles. The summed E-state index contributed by atoms with van der Waals surface area (Å²) in [7, 11) is 0. The van der Waals surface area contributed by atoms with Crippen molar-refractivity contribution < 1.29 is 5.11 Å². The fourth-order valence-corrected chi connectivity index (χ4v) is 3.08. The Bertz CT molecular complexity index is 568. The van der Waals surface area contributed by atoms with Crippen molar-refractivity contribution in [2.75, 3.05) is 18.0 Å². The minimum atomic E-state index is -0.555. The molecule has 0 aromatic heterocycles. The molecule has 0 atom stereocenters. The van der Waals surface area contributed by atoms with Crippen molar-refractivity contribution in [3.63, 3.8) is 0 Å². The van der Waals surface area contributed by atoms with E-state index < -0.39 is 5.60 Å². The minimum Gasteiger partial charge on any atom is -0.389 e. The number of hydrogen-bond donors (Lipinski definition) is 1. The number of nitrogens with zero attached hydrogens (tertiary/aromatic N) is 1. The number of aryl methyl sites for hydroxylation is 1. The van der Waals surface area contributed by atoms with Gasteiger partial charge in [-0.1, -0.05) is 48.0 Å². The van der Waals surface area contributed by atoms with E-state index in [1.54, 1.807) is 0 Å². The van der Waals surface area contributed by atoms with E-state index in [9.17, 15) is 5.11 Å².